The minimum atomic E-state index is -0.997. The Kier molecular flexibility index (Phi) is 2.55. The van der Waals surface area contributed by atoms with E-state index in [2.05, 4.69) is 10.1 Å². The lowest BCUT2D eigenvalue weighted by Crippen LogP contribution is -2.02. The van der Waals surface area contributed by atoms with E-state index in [9.17, 15) is 4.79 Å². The lowest BCUT2D eigenvalue weighted by atomic mass is 10.2. The molecule has 1 heterocycles. The Morgan fingerprint density at radius 2 is 2.31 bits per heavy atom. The fourth-order valence-electron chi connectivity index (χ4n) is 1.33. The Morgan fingerprint density at radius 1 is 1.50 bits per heavy atom. The van der Waals surface area contributed by atoms with Crippen molar-refractivity contribution < 1.29 is 14.6 Å². The molecule has 16 heavy (non-hydrogen) atoms. The third-order valence-electron chi connectivity index (χ3n) is 2.09. The van der Waals surface area contributed by atoms with Gasteiger partial charge in [-0.1, -0.05) is 0 Å². The van der Waals surface area contributed by atoms with Gasteiger partial charge in [0.1, 0.15) is 24.1 Å². The van der Waals surface area contributed by atoms with Crippen molar-refractivity contribution in [2.45, 2.75) is 0 Å². The second-order valence-electron chi connectivity index (χ2n) is 3.03. The topological polar surface area (TPSA) is 77.2 Å². The van der Waals surface area contributed by atoms with E-state index in [1.54, 1.807) is 6.07 Å². The van der Waals surface area contributed by atoms with E-state index in [-0.39, 0.29) is 5.56 Å². The van der Waals surface area contributed by atoms with Crippen LogP contribution in [0.2, 0.25) is 0 Å². The number of benzene rings is 1. The SMILES string of the molecule is COc1cc(C(=O)O)ccc1-n1cncn1. The second-order valence-corrected chi connectivity index (χ2v) is 3.03. The van der Waals surface area contributed by atoms with Gasteiger partial charge >= 0.3 is 5.97 Å². The molecule has 0 unspecified atom stereocenters. The first kappa shape index (κ1) is 10.2. The van der Waals surface area contributed by atoms with E-state index in [1.807, 2.05) is 0 Å². The van der Waals surface area contributed by atoms with E-state index >= 15 is 0 Å². The van der Waals surface area contributed by atoms with Gasteiger partial charge in [-0.15, -0.1) is 0 Å². The molecule has 6 heteroatoms. The van der Waals surface area contributed by atoms with E-state index in [4.69, 9.17) is 9.84 Å². The van der Waals surface area contributed by atoms with Gasteiger partial charge in [-0.2, -0.15) is 5.10 Å². The predicted molar refractivity (Wildman–Crippen MR) is 54.9 cm³/mol. The number of carboxylic acid groups (broad SMARTS) is 1. The molecule has 0 atom stereocenters. The molecule has 0 aliphatic carbocycles. The molecule has 0 saturated carbocycles. The Morgan fingerprint density at radius 3 is 2.88 bits per heavy atom. The second kappa shape index (κ2) is 4.01. The summed E-state index contributed by atoms with van der Waals surface area (Å²) in [7, 11) is 1.47. The van der Waals surface area contributed by atoms with Crippen LogP contribution in [0.1, 0.15) is 10.4 Å². The molecular weight excluding hydrogens is 210 g/mol. The molecule has 0 saturated heterocycles. The number of carboxylic acids is 1. The Balaban J connectivity index is 2.51. The van der Waals surface area contributed by atoms with E-state index < -0.39 is 5.97 Å². The molecular formula is C10H9N3O3. The fourth-order valence-corrected chi connectivity index (χ4v) is 1.33. The monoisotopic (exact) mass is 219 g/mol. The summed E-state index contributed by atoms with van der Waals surface area (Å²) in [6.07, 6.45) is 2.91. The van der Waals surface area contributed by atoms with Crippen LogP contribution in [0, 0.1) is 0 Å². The smallest absolute Gasteiger partial charge is 0.335 e. The van der Waals surface area contributed by atoms with Gasteiger partial charge in [-0.05, 0) is 18.2 Å². The largest absolute Gasteiger partial charge is 0.494 e. The fraction of sp³-hybridized carbons (Fsp3) is 0.100. The number of carbonyl (C=O) groups is 1. The van der Waals surface area contributed by atoms with Crippen molar-refractivity contribution in [1.82, 2.24) is 14.8 Å². The third kappa shape index (κ3) is 1.72. The normalized spacial score (nSPS) is 10.1. The van der Waals surface area contributed by atoms with E-state index in [0.717, 1.165) is 0 Å². The van der Waals surface area contributed by atoms with E-state index in [1.165, 1.54) is 36.6 Å². The summed E-state index contributed by atoms with van der Waals surface area (Å²) in [5, 5.41) is 12.8. The summed E-state index contributed by atoms with van der Waals surface area (Å²) in [6.45, 7) is 0. The first-order chi connectivity index (χ1) is 7.72. The van der Waals surface area contributed by atoms with Crippen molar-refractivity contribution in [2.24, 2.45) is 0 Å². The van der Waals surface area contributed by atoms with Crippen LogP contribution in [-0.2, 0) is 0 Å². The molecule has 6 nitrogen and oxygen atoms in total. The molecule has 0 radical (unpaired) electrons. The van der Waals surface area contributed by atoms with Gasteiger partial charge in [0.05, 0.1) is 12.7 Å². The number of hydrogen-bond acceptors (Lipinski definition) is 4. The van der Waals surface area contributed by atoms with Crippen LogP contribution in [-0.4, -0.2) is 33.0 Å². The van der Waals surface area contributed by atoms with Gasteiger partial charge in [0.2, 0.25) is 0 Å². The highest BCUT2D eigenvalue weighted by atomic mass is 16.5. The van der Waals surface area contributed by atoms with Crippen LogP contribution >= 0.6 is 0 Å². The van der Waals surface area contributed by atoms with Gasteiger partial charge in [-0.3, -0.25) is 0 Å². The van der Waals surface area contributed by atoms with Gasteiger partial charge in [-0.25, -0.2) is 14.5 Å². The van der Waals surface area contributed by atoms with Crippen molar-refractivity contribution in [1.29, 1.82) is 0 Å². The molecule has 2 aromatic rings. The van der Waals surface area contributed by atoms with Gasteiger partial charge < -0.3 is 9.84 Å². The number of nitrogens with zero attached hydrogens (tertiary/aromatic N) is 3. The van der Waals surface area contributed by atoms with Crippen LogP contribution in [0.15, 0.2) is 30.9 Å². The first-order valence-corrected chi connectivity index (χ1v) is 4.48. The van der Waals surface area contributed by atoms with Gasteiger partial charge in [0.25, 0.3) is 0 Å². The third-order valence-corrected chi connectivity index (χ3v) is 2.09. The van der Waals surface area contributed by atoms with Crippen LogP contribution in [0.4, 0.5) is 0 Å². The molecule has 0 bridgehead atoms. The summed E-state index contributed by atoms with van der Waals surface area (Å²) in [5.74, 6) is -0.561. The molecule has 0 aliphatic heterocycles. The highest BCUT2D eigenvalue weighted by Gasteiger charge is 2.10. The molecule has 1 N–H and O–H groups in total. The number of rotatable bonds is 3. The van der Waals surface area contributed by atoms with Gasteiger partial charge in [0.15, 0.2) is 0 Å². The van der Waals surface area contributed by atoms with Crippen molar-refractivity contribution in [3.05, 3.63) is 36.4 Å². The predicted octanol–water partition coefficient (Wildman–Crippen LogP) is 0.974. The zero-order chi connectivity index (χ0) is 11.5. The number of aromatic carboxylic acids is 1. The number of hydrogen-bond donors (Lipinski definition) is 1. The van der Waals surface area contributed by atoms with E-state index in [0.29, 0.717) is 11.4 Å². The molecule has 0 aliphatic rings. The molecule has 1 aromatic carbocycles. The lowest BCUT2D eigenvalue weighted by molar-refractivity contribution is 0.0696. The quantitative estimate of drug-likeness (QED) is 0.832. The first-order valence-electron chi connectivity index (χ1n) is 4.48. The maximum absolute atomic E-state index is 10.8. The Hall–Kier alpha value is -2.37. The summed E-state index contributed by atoms with van der Waals surface area (Å²) < 4.78 is 6.61. The van der Waals surface area contributed by atoms with Crippen LogP contribution in [0.5, 0.6) is 5.75 Å². The summed E-state index contributed by atoms with van der Waals surface area (Å²) in [6, 6.07) is 4.55. The Bertz CT molecular complexity index is 508. The van der Waals surface area contributed by atoms with Crippen LogP contribution in [0.3, 0.4) is 0 Å². The molecule has 0 spiro atoms. The minimum Gasteiger partial charge on any atom is -0.494 e. The summed E-state index contributed by atoms with van der Waals surface area (Å²) in [5.41, 5.74) is 0.811. The molecule has 0 fully saturated rings. The van der Waals surface area contributed by atoms with Crippen molar-refractivity contribution in [3.63, 3.8) is 0 Å². The average Bonchev–Trinajstić information content (AvgIpc) is 2.81. The number of ether oxygens (including phenoxy) is 1. The Labute approximate surface area is 91.1 Å². The van der Waals surface area contributed by atoms with Crippen molar-refractivity contribution in [2.75, 3.05) is 7.11 Å². The molecule has 0 amide bonds. The zero-order valence-electron chi connectivity index (χ0n) is 8.49. The van der Waals surface area contributed by atoms with Crippen LogP contribution < -0.4 is 4.74 Å². The average molecular weight is 219 g/mol. The zero-order valence-corrected chi connectivity index (χ0v) is 8.49. The number of methoxy groups -OCH3 is 1. The highest BCUT2D eigenvalue weighted by molar-refractivity contribution is 5.88. The molecule has 2 rings (SSSR count). The maximum Gasteiger partial charge on any atom is 0.335 e. The van der Waals surface area contributed by atoms with Crippen LogP contribution in [0.25, 0.3) is 5.69 Å². The minimum absolute atomic E-state index is 0.167. The summed E-state index contributed by atoms with van der Waals surface area (Å²) >= 11 is 0. The number of aromatic nitrogens is 3. The lowest BCUT2D eigenvalue weighted by Gasteiger charge is -2.08. The molecule has 82 valence electrons. The standard InChI is InChI=1S/C10H9N3O3/c1-16-9-4-7(10(14)15)2-3-8(9)13-6-11-5-12-13/h2-6H,1H3,(H,14,15). The van der Waals surface area contributed by atoms with Crippen molar-refractivity contribution >= 4 is 5.97 Å². The van der Waals surface area contributed by atoms with Gasteiger partial charge in [0, 0.05) is 0 Å². The summed E-state index contributed by atoms with van der Waals surface area (Å²) in [4.78, 5) is 14.6. The highest BCUT2D eigenvalue weighted by Crippen LogP contribution is 2.23. The van der Waals surface area contributed by atoms with Crippen molar-refractivity contribution in [3.8, 4) is 11.4 Å². The maximum atomic E-state index is 10.8. The molecule has 1 aromatic heterocycles.